The Morgan fingerprint density at radius 3 is 2.80 bits per heavy atom. The molecule has 2 aromatic rings. The van der Waals surface area contributed by atoms with Crippen LogP contribution in [0, 0.1) is 11.6 Å². The number of benzene rings is 1. The number of carbonyl (C=O) groups excluding carboxylic acids is 1. The van der Waals surface area contributed by atoms with Crippen molar-refractivity contribution in [3.8, 4) is 0 Å². The first kappa shape index (κ1) is 14.0. The molecule has 0 saturated carbocycles. The van der Waals surface area contributed by atoms with E-state index in [1.54, 1.807) is 12.1 Å². The SMILES string of the molecule is CN(Cc1ccc(F)cc1F)C(=O)/C=C/c1ccco1. The van der Waals surface area contributed by atoms with Crippen LogP contribution in [0.25, 0.3) is 6.08 Å². The normalized spacial score (nSPS) is 10.9. The molecule has 104 valence electrons. The topological polar surface area (TPSA) is 33.5 Å². The molecule has 0 aliphatic carbocycles. The lowest BCUT2D eigenvalue weighted by Gasteiger charge is -2.15. The maximum atomic E-state index is 13.5. The molecule has 0 saturated heterocycles. The van der Waals surface area contributed by atoms with E-state index in [9.17, 15) is 13.6 Å². The molecule has 0 aliphatic rings. The van der Waals surface area contributed by atoms with Gasteiger partial charge in [-0.1, -0.05) is 6.07 Å². The number of likely N-dealkylation sites (N-methyl/N-ethyl adjacent to an activating group) is 1. The molecule has 1 amide bonds. The zero-order valence-corrected chi connectivity index (χ0v) is 10.8. The summed E-state index contributed by atoms with van der Waals surface area (Å²) in [6.45, 7) is 0.0629. The molecule has 1 aromatic carbocycles. The summed E-state index contributed by atoms with van der Waals surface area (Å²) in [5.41, 5.74) is 0.258. The highest BCUT2D eigenvalue weighted by Crippen LogP contribution is 2.12. The van der Waals surface area contributed by atoms with Gasteiger partial charge in [-0.2, -0.15) is 0 Å². The van der Waals surface area contributed by atoms with E-state index < -0.39 is 11.6 Å². The van der Waals surface area contributed by atoms with E-state index in [0.717, 1.165) is 12.1 Å². The highest BCUT2D eigenvalue weighted by molar-refractivity contribution is 5.91. The third-order valence-electron chi connectivity index (χ3n) is 2.73. The van der Waals surface area contributed by atoms with Gasteiger partial charge in [-0.15, -0.1) is 0 Å². The van der Waals surface area contributed by atoms with Crippen LogP contribution in [0.15, 0.2) is 47.1 Å². The number of amides is 1. The van der Waals surface area contributed by atoms with Crippen molar-refractivity contribution in [3.05, 3.63) is 65.6 Å². The number of hydrogen-bond acceptors (Lipinski definition) is 2. The van der Waals surface area contributed by atoms with Crippen molar-refractivity contribution in [2.75, 3.05) is 7.05 Å². The third-order valence-corrected chi connectivity index (χ3v) is 2.73. The van der Waals surface area contributed by atoms with Crippen LogP contribution >= 0.6 is 0 Å². The minimum absolute atomic E-state index is 0.0629. The Morgan fingerprint density at radius 1 is 1.35 bits per heavy atom. The van der Waals surface area contributed by atoms with Crippen molar-refractivity contribution in [3.63, 3.8) is 0 Å². The zero-order valence-electron chi connectivity index (χ0n) is 10.8. The van der Waals surface area contributed by atoms with Crippen LogP contribution in [-0.4, -0.2) is 17.9 Å². The van der Waals surface area contributed by atoms with Gasteiger partial charge in [0.05, 0.1) is 6.26 Å². The molecule has 0 N–H and O–H groups in total. The first-order valence-electron chi connectivity index (χ1n) is 5.97. The molecular weight excluding hydrogens is 264 g/mol. The van der Waals surface area contributed by atoms with Gasteiger partial charge in [0.2, 0.25) is 5.91 Å². The average Bonchev–Trinajstić information content (AvgIpc) is 2.92. The summed E-state index contributed by atoms with van der Waals surface area (Å²) in [5, 5.41) is 0. The summed E-state index contributed by atoms with van der Waals surface area (Å²) in [6.07, 6.45) is 4.36. The highest BCUT2D eigenvalue weighted by atomic mass is 19.1. The quantitative estimate of drug-likeness (QED) is 0.804. The molecule has 5 heteroatoms. The van der Waals surface area contributed by atoms with Crippen LogP contribution in [0.1, 0.15) is 11.3 Å². The third kappa shape index (κ3) is 3.54. The van der Waals surface area contributed by atoms with Crippen molar-refractivity contribution in [2.45, 2.75) is 6.54 Å². The lowest BCUT2D eigenvalue weighted by Crippen LogP contribution is -2.24. The van der Waals surface area contributed by atoms with Gasteiger partial charge in [0.15, 0.2) is 0 Å². The Kier molecular flexibility index (Phi) is 4.30. The van der Waals surface area contributed by atoms with Gasteiger partial charge in [-0.3, -0.25) is 4.79 Å². The van der Waals surface area contributed by atoms with Gasteiger partial charge < -0.3 is 9.32 Å². The number of hydrogen-bond donors (Lipinski definition) is 0. The van der Waals surface area contributed by atoms with Crippen LogP contribution in [0.3, 0.4) is 0 Å². The zero-order chi connectivity index (χ0) is 14.5. The van der Waals surface area contributed by atoms with E-state index in [1.165, 1.54) is 36.4 Å². The first-order valence-corrected chi connectivity index (χ1v) is 5.97. The van der Waals surface area contributed by atoms with Gasteiger partial charge in [0.25, 0.3) is 0 Å². The second-order valence-corrected chi connectivity index (χ2v) is 4.28. The van der Waals surface area contributed by atoms with Gasteiger partial charge in [0, 0.05) is 31.3 Å². The number of furan rings is 1. The number of halogens is 2. The standard InChI is InChI=1S/C15H13F2NO2/c1-18(10-11-4-5-12(16)9-14(11)17)15(19)7-6-13-3-2-8-20-13/h2-9H,10H2,1H3/b7-6+. The predicted octanol–water partition coefficient (Wildman–Crippen LogP) is 3.23. The Morgan fingerprint density at radius 2 is 2.15 bits per heavy atom. The summed E-state index contributed by atoms with van der Waals surface area (Å²) >= 11 is 0. The fourth-order valence-electron chi connectivity index (χ4n) is 1.65. The molecule has 2 rings (SSSR count). The van der Waals surface area contributed by atoms with Crippen LogP contribution in [-0.2, 0) is 11.3 Å². The van der Waals surface area contributed by atoms with Crippen LogP contribution in [0.5, 0.6) is 0 Å². The predicted molar refractivity (Wildman–Crippen MR) is 70.6 cm³/mol. The molecule has 0 unspecified atom stereocenters. The molecule has 0 aliphatic heterocycles. The molecule has 1 heterocycles. The Labute approximate surface area is 115 Å². The van der Waals surface area contributed by atoms with E-state index in [2.05, 4.69) is 0 Å². The van der Waals surface area contributed by atoms with Crippen LogP contribution in [0.2, 0.25) is 0 Å². The van der Waals surface area contributed by atoms with Crippen LogP contribution < -0.4 is 0 Å². The van der Waals surface area contributed by atoms with Crippen LogP contribution in [0.4, 0.5) is 8.78 Å². The van der Waals surface area contributed by atoms with Gasteiger partial charge in [-0.05, 0) is 24.3 Å². The Bertz CT molecular complexity index is 621. The molecule has 0 spiro atoms. The summed E-state index contributed by atoms with van der Waals surface area (Å²) in [4.78, 5) is 13.2. The lowest BCUT2D eigenvalue weighted by molar-refractivity contribution is -0.125. The second kappa shape index (κ2) is 6.14. The average molecular weight is 277 g/mol. The Hall–Kier alpha value is -2.43. The van der Waals surface area contributed by atoms with Crippen molar-refractivity contribution in [2.24, 2.45) is 0 Å². The summed E-state index contributed by atoms with van der Waals surface area (Å²) in [5.74, 6) is -1.05. The minimum Gasteiger partial charge on any atom is -0.465 e. The largest absolute Gasteiger partial charge is 0.465 e. The van der Waals surface area contributed by atoms with E-state index in [4.69, 9.17) is 4.42 Å². The second-order valence-electron chi connectivity index (χ2n) is 4.28. The minimum atomic E-state index is -0.667. The monoisotopic (exact) mass is 277 g/mol. The van der Waals surface area contributed by atoms with E-state index >= 15 is 0 Å². The van der Waals surface area contributed by atoms with Gasteiger partial charge in [0.1, 0.15) is 17.4 Å². The van der Waals surface area contributed by atoms with E-state index in [1.807, 2.05) is 0 Å². The van der Waals surface area contributed by atoms with Crippen molar-refractivity contribution < 1.29 is 18.0 Å². The maximum absolute atomic E-state index is 13.5. The van der Waals surface area contributed by atoms with Crippen molar-refractivity contribution >= 4 is 12.0 Å². The molecule has 20 heavy (non-hydrogen) atoms. The fraction of sp³-hybridized carbons (Fsp3) is 0.133. The summed E-state index contributed by atoms with van der Waals surface area (Å²) < 4.78 is 31.3. The molecule has 0 radical (unpaired) electrons. The van der Waals surface area contributed by atoms with Crippen molar-refractivity contribution in [1.82, 2.24) is 4.90 Å². The molecular formula is C15H13F2NO2. The molecule has 0 atom stereocenters. The smallest absolute Gasteiger partial charge is 0.246 e. The Balaban J connectivity index is 2.00. The number of rotatable bonds is 4. The van der Waals surface area contributed by atoms with E-state index in [0.29, 0.717) is 5.76 Å². The lowest BCUT2D eigenvalue weighted by atomic mass is 10.2. The maximum Gasteiger partial charge on any atom is 0.246 e. The first-order chi connectivity index (χ1) is 9.56. The molecule has 0 fully saturated rings. The van der Waals surface area contributed by atoms with Gasteiger partial charge in [-0.25, -0.2) is 8.78 Å². The molecule has 3 nitrogen and oxygen atoms in total. The van der Waals surface area contributed by atoms with Crippen molar-refractivity contribution in [1.29, 1.82) is 0 Å². The summed E-state index contributed by atoms with van der Waals surface area (Å²) in [6, 6.07) is 6.71. The van der Waals surface area contributed by atoms with Gasteiger partial charge >= 0.3 is 0 Å². The number of carbonyl (C=O) groups is 1. The van der Waals surface area contributed by atoms with E-state index in [-0.39, 0.29) is 18.0 Å². The molecule has 0 bridgehead atoms. The fourth-order valence-corrected chi connectivity index (χ4v) is 1.65. The molecule has 1 aromatic heterocycles. The number of nitrogens with zero attached hydrogens (tertiary/aromatic N) is 1. The highest BCUT2D eigenvalue weighted by Gasteiger charge is 2.10. The summed E-state index contributed by atoms with van der Waals surface area (Å²) in [7, 11) is 1.54.